The van der Waals surface area contributed by atoms with Crippen molar-refractivity contribution in [3.05, 3.63) is 83.4 Å². The number of benzene rings is 3. The Kier molecular flexibility index (Phi) is 12.5. The maximum absolute atomic E-state index is 14.2. The zero-order chi connectivity index (χ0) is 35.5. The van der Waals surface area contributed by atoms with Crippen LogP contribution in [0.25, 0.3) is 0 Å². The van der Waals surface area contributed by atoms with Crippen LogP contribution in [-0.4, -0.2) is 69.6 Å². The zero-order valence-corrected chi connectivity index (χ0v) is 32.4. The summed E-state index contributed by atoms with van der Waals surface area (Å²) in [6, 6.07) is 20.9. The third-order valence-corrected chi connectivity index (χ3v) is 13.9. The van der Waals surface area contributed by atoms with Gasteiger partial charge >= 0.3 is 6.03 Å². The third kappa shape index (κ3) is 8.59. The summed E-state index contributed by atoms with van der Waals surface area (Å²) >= 11 is 0. The standard InChI is InChI=1S/C41H56N4O4S.ClH/c1-5-7-20-41(21-8-6-2)29-50(48,49)37-16-15-35(44(3)4)27-36(37)38(39(41)46)32-12-10-14-34(26-32)43-40(47)42-33-13-9-11-31(25-33)28-45-22-17-30(18-23-45)19-24-45;/h9-16,25-27,30,38-39,46H,5-8,17-24,28-29H2,1-4H3,(H-,42,43,47);1H/t30?,38-,39-,45?;/m1./s1. The average Bonchev–Trinajstić information content (AvgIpc) is 3.17. The van der Waals surface area contributed by atoms with Crippen molar-refractivity contribution in [2.24, 2.45) is 11.3 Å². The van der Waals surface area contributed by atoms with E-state index in [0.717, 1.165) is 59.6 Å². The molecule has 0 unspecified atom stereocenters. The summed E-state index contributed by atoms with van der Waals surface area (Å²) < 4.78 is 29.6. The maximum atomic E-state index is 14.2. The number of sulfone groups is 1. The lowest BCUT2D eigenvalue weighted by atomic mass is 9.68. The number of rotatable bonds is 12. The van der Waals surface area contributed by atoms with E-state index in [-0.39, 0.29) is 29.1 Å². The van der Waals surface area contributed by atoms with Crippen molar-refractivity contribution in [2.45, 2.75) is 95.1 Å². The second-order valence-corrected chi connectivity index (χ2v) is 17.6. The molecule has 4 aliphatic rings. The Morgan fingerprint density at radius 1 is 0.882 bits per heavy atom. The van der Waals surface area contributed by atoms with Crippen LogP contribution in [0.1, 0.15) is 94.2 Å². The van der Waals surface area contributed by atoms with Gasteiger partial charge in [0.05, 0.1) is 36.4 Å². The summed E-state index contributed by atoms with van der Waals surface area (Å²) in [6.07, 6.45) is 7.83. The van der Waals surface area contributed by atoms with Crippen LogP contribution in [0.3, 0.4) is 0 Å². The Bertz CT molecular complexity index is 1750. The number of nitrogens with zero attached hydrogens (tertiary/aromatic N) is 2. The molecular formula is C41H57ClN4O4S. The molecule has 51 heavy (non-hydrogen) atoms. The number of aliphatic hydroxyl groups is 1. The number of piperidine rings is 3. The summed E-state index contributed by atoms with van der Waals surface area (Å²) in [7, 11) is 0.164. The molecule has 4 aliphatic heterocycles. The largest absolute Gasteiger partial charge is 1.00 e. The monoisotopic (exact) mass is 736 g/mol. The number of anilines is 3. The van der Waals surface area contributed by atoms with Crippen LogP contribution >= 0.6 is 0 Å². The number of carbonyl (C=O) groups excluding carboxylic acids is 1. The fourth-order valence-electron chi connectivity index (χ4n) is 9.00. The van der Waals surface area contributed by atoms with E-state index in [1.807, 2.05) is 67.5 Å². The highest BCUT2D eigenvalue weighted by molar-refractivity contribution is 7.91. The second-order valence-electron chi connectivity index (χ2n) is 15.7. The van der Waals surface area contributed by atoms with Crippen molar-refractivity contribution >= 4 is 32.9 Å². The molecule has 3 N–H and O–H groups in total. The van der Waals surface area contributed by atoms with Gasteiger partial charge in [-0.2, -0.15) is 0 Å². The number of fused-ring (bicyclic) bond motifs is 4. The molecule has 0 aliphatic carbocycles. The van der Waals surface area contributed by atoms with Crippen LogP contribution < -0.4 is 27.9 Å². The van der Waals surface area contributed by atoms with E-state index >= 15 is 0 Å². The molecule has 2 amide bonds. The quantitative estimate of drug-likeness (QED) is 0.223. The number of hydrogen-bond donors (Lipinski definition) is 3. The predicted octanol–water partition coefficient (Wildman–Crippen LogP) is 5.18. The van der Waals surface area contributed by atoms with Gasteiger partial charge in [-0.05, 0) is 91.6 Å². The number of hydrogen-bond acceptors (Lipinski definition) is 5. The predicted molar refractivity (Wildman–Crippen MR) is 204 cm³/mol. The highest BCUT2D eigenvalue weighted by Gasteiger charge is 2.49. The highest BCUT2D eigenvalue weighted by atomic mass is 35.5. The van der Waals surface area contributed by atoms with Gasteiger partial charge in [-0.1, -0.05) is 63.8 Å². The SMILES string of the molecule is CCCCC1(CCCC)CS(=O)(=O)c2ccc(N(C)C)cc2[C@@H](c2cccc(NC(=O)Nc3cccc(C[N+]45CCC(CC4)CC5)c3)c2)[C@H]1O.[Cl-]. The van der Waals surface area contributed by atoms with E-state index in [9.17, 15) is 18.3 Å². The molecule has 7 rings (SSSR count). The van der Waals surface area contributed by atoms with Gasteiger partial charge in [0.25, 0.3) is 0 Å². The van der Waals surface area contributed by atoms with Crippen LogP contribution in [0.2, 0.25) is 0 Å². The Hall–Kier alpha value is -3.11. The first-order valence-electron chi connectivity index (χ1n) is 18.8. The topological polar surface area (TPSA) is 98.7 Å². The molecule has 0 saturated carbocycles. The van der Waals surface area contributed by atoms with Gasteiger partial charge in [0, 0.05) is 48.1 Å². The fourth-order valence-corrected chi connectivity index (χ4v) is 11.2. The van der Waals surface area contributed by atoms with E-state index in [2.05, 4.69) is 36.6 Å². The van der Waals surface area contributed by atoms with Crippen LogP contribution in [-0.2, 0) is 16.4 Å². The highest BCUT2D eigenvalue weighted by Crippen LogP contribution is 2.50. The van der Waals surface area contributed by atoms with Gasteiger partial charge in [-0.3, -0.25) is 0 Å². The zero-order valence-electron chi connectivity index (χ0n) is 30.8. The molecule has 2 bridgehead atoms. The average molecular weight is 737 g/mol. The van der Waals surface area contributed by atoms with Crippen LogP contribution in [0.5, 0.6) is 0 Å². The van der Waals surface area contributed by atoms with Gasteiger partial charge in [0.2, 0.25) is 0 Å². The molecule has 3 fully saturated rings. The molecule has 3 saturated heterocycles. The lowest BCUT2D eigenvalue weighted by molar-refractivity contribution is -0.955. The van der Waals surface area contributed by atoms with Crippen LogP contribution in [0.4, 0.5) is 21.9 Å². The van der Waals surface area contributed by atoms with E-state index in [4.69, 9.17) is 0 Å². The summed E-state index contributed by atoms with van der Waals surface area (Å²) in [5.41, 5.74) is 4.05. The summed E-state index contributed by atoms with van der Waals surface area (Å²) in [5.74, 6) is 0.245. The first-order chi connectivity index (χ1) is 24.0. The Morgan fingerprint density at radius 2 is 1.49 bits per heavy atom. The van der Waals surface area contributed by atoms with Gasteiger partial charge in [-0.15, -0.1) is 0 Å². The number of urea groups is 1. The van der Waals surface area contributed by atoms with Crippen LogP contribution in [0.15, 0.2) is 71.6 Å². The van der Waals surface area contributed by atoms with Crippen molar-refractivity contribution in [2.75, 3.05) is 55.0 Å². The molecule has 0 aromatic heterocycles. The normalized spacial score (nSPS) is 24.5. The van der Waals surface area contributed by atoms with Crippen molar-refractivity contribution in [1.29, 1.82) is 0 Å². The number of carbonyl (C=O) groups is 1. The fraction of sp³-hybridized carbons (Fsp3) is 0.537. The Balaban J connectivity index is 0.00000504. The lowest BCUT2D eigenvalue weighted by Gasteiger charge is -2.49. The van der Waals surface area contributed by atoms with Crippen molar-refractivity contribution in [3.8, 4) is 0 Å². The number of amides is 2. The summed E-state index contributed by atoms with van der Waals surface area (Å²) in [5, 5.41) is 18.6. The smallest absolute Gasteiger partial charge is 0.323 e. The van der Waals surface area contributed by atoms with Gasteiger partial charge in [-0.25, -0.2) is 13.2 Å². The molecule has 278 valence electrons. The summed E-state index contributed by atoms with van der Waals surface area (Å²) in [4.78, 5) is 15.6. The molecule has 8 nitrogen and oxygen atoms in total. The van der Waals surface area contributed by atoms with E-state index in [0.29, 0.717) is 24.1 Å². The van der Waals surface area contributed by atoms with Gasteiger partial charge < -0.3 is 37.5 Å². The van der Waals surface area contributed by atoms with Crippen molar-refractivity contribution in [1.82, 2.24) is 0 Å². The van der Waals surface area contributed by atoms with Gasteiger partial charge in [0.15, 0.2) is 9.84 Å². The second kappa shape index (κ2) is 16.3. The molecule has 3 aromatic rings. The number of aliphatic hydroxyl groups excluding tert-OH is 1. The van der Waals surface area contributed by atoms with E-state index < -0.39 is 27.3 Å². The number of nitrogens with one attached hydrogen (secondary N) is 2. The maximum Gasteiger partial charge on any atom is 0.323 e. The molecular weight excluding hydrogens is 680 g/mol. The minimum absolute atomic E-state index is 0. The number of halogens is 1. The minimum atomic E-state index is -3.70. The third-order valence-electron chi connectivity index (χ3n) is 11.9. The molecule has 3 aromatic carbocycles. The lowest BCUT2D eigenvalue weighted by Crippen LogP contribution is -3.00. The minimum Gasteiger partial charge on any atom is -1.00 e. The number of quaternary nitrogens is 1. The Morgan fingerprint density at radius 3 is 2.10 bits per heavy atom. The first-order valence-corrected chi connectivity index (χ1v) is 20.5. The van der Waals surface area contributed by atoms with Crippen LogP contribution in [0, 0.1) is 11.3 Å². The molecule has 0 radical (unpaired) electrons. The Labute approximate surface area is 311 Å². The summed E-state index contributed by atoms with van der Waals surface area (Å²) in [6.45, 7) is 8.97. The van der Waals surface area contributed by atoms with E-state index in [1.54, 1.807) is 6.07 Å². The van der Waals surface area contributed by atoms with E-state index in [1.165, 1.54) is 44.5 Å². The molecule has 4 heterocycles. The molecule has 0 spiro atoms. The molecule has 10 heteroatoms. The van der Waals surface area contributed by atoms with Gasteiger partial charge in [0.1, 0.15) is 6.54 Å². The molecule has 2 atom stereocenters. The number of unbranched alkanes of at least 4 members (excludes halogenated alkanes) is 2. The first kappa shape index (κ1) is 39.1. The van der Waals surface area contributed by atoms with Crippen molar-refractivity contribution in [3.63, 3.8) is 0 Å². The van der Waals surface area contributed by atoms with Crippen molar-refractivity contribution < 1.29 is 35.2 Å².